The van der Waals surface area contributed by atoms with Crippen LogP contribution in [0.4, 0.5) is 5.69 Å². The third kappa shape index (κ3) is 5.14. The second kappa shape index (κ2) is 10.7. The molecule has 0 saturated heterocycles. The van der Waals surface area contributed by atoms with Crippen LogP contribution in [0.5, 0.6) is 5.75 Å². The van der Waals surface area contributed by atoms with E-state index in [-0.39, 0.29) is 22.1 Å². The first-order valence-corrected chi connectivity index (χ1v) is 16.2. The molecule has 2 aromatic rings. The van der Waals surface area contributed by atoms with Gasteiger partial charge in [0.1, 0.15) is 5.75 Å². The second-order valence-corrected chi connectivity index (χ2v) is 14.2. The molecule has 2 aromatic carbocycles. The van der Waals surface area contributed by atoms with Crippen molar-refractivity contribution in [3.8, 4) is 5.75 Å². The van der Waals surface area contributed by atoms with E-state index >= 15 is 0 Å². The van der Waals surface area contributed by atoms with Crippen molar-refractivity contribution in [2.75, 3.05) is 24.6 Å². The number of allylic oxidation sites excluding steroid dienone is 1. The zero-order valence-corrected chi connectivity index (χ0v) is 24.4. The Bertz CT molecular complexity index is 1440. The number of hydrogen-bond donors (Lipinski definition) is 2. The highest BCUT2D eigenvalue weighted by Gasteiger charge is 2.44. The number of benzene rings is 2. The smallest absolute Gasteiger partial charge is 0.264 e. The Morgan fingerprint density at radius 2 is 2.00 bits per heavy atom. The number of halogens is 1. The van der Waals surface area contributed by atoms with Crippen molar-refractivity contribution in [1.82, 2.24) is 4.72 Å². The van der Waals surface area contributed by atoms with Gasteiger partial charge in [0.2, 0.25) is 5.91 Å². The fourth-order valence-corrected chi connectivity index (χ4v) is 8.26. The van der Waals surface area contributed by atoms with Crippen LogP contribution in [0.2, 0.25) is 5.02 Å². The molecule has 6 rings (SSSR count). The van der Waals surface area contributed by atoms with Crippen LogP contribution in [0.3, 0.4) is 0 Å². The van der Waals surface area contributed by atoms with Gasteiger partial charge in [-0.25, -0.2) is 13.1 Å². The maximum absolute atomic E-state index is 13.3. The number of rotatable bonds is 0. The summed E-state index contributed by atoms with van der Waals surface area (Å²) in [5.74, 6) is 0.0236. The van der Waals surface area contributed by atoms with Gasteiger partial charge in [-0.05, 0) is 98.2 Å². The Kier molecular flexibility index (Phi) is 7.38. The van der Waals surface area contributed by atoms with Crippen molar-refractivity contribution in [1.29, 1.82) is 0 Å². The molecule has 214 valence electrons. The topological polar surface area (TPSA) is 95.9 Å². The predicted octanol–water partition coefficient (Wildman–Crippen LogP) is 4.99. The Balaban J connectivity index is 1.43. The van der Waals surface area contributed by atoms with Crippen LogP contribution in [0.15, 0.2) is 53.4 Å². The van der Waals surface area contributed by atoms with E-state index in [1.165, 1.54) is 17.2 Å². The molecule has 2 aliphatic carbocycles. The molecule has 2 aliphatic heterocycles. The number of nitrogens with zero attached hydrogens (tertiary/aromatic N) is 1. The van der Waals surface area contributed by atoms with Crippen molar-refractivity contribution in [3.05, 3.63) is 64.7 Å². The summed E-state index contributed by atoms with van der Waals surface area (Å²) in [5.41, 5.74) is 2.91. The van der Waals surface area contributed by atoms with Crippen molar-refractivity contribution in [2.24, 2.45) is 17.8 Å². The molecule has 7 nitrogen and oxygen atoms in total. The van der Waals surface area contributed by atoms with Gasteiger partial charge in [-0.3, -0.25) is 4.79 Å². The number of carbonyl (C=O) groups is 1. The summed E-state index contributed by atoms with van der Waals surface area (Å²) >= 11 is 6.37. The number of carbonyl (C=O) groups excluding carboxylic acids is 1. The van der Waals surface area contributed by atoms with Gasteiger partial charge in [0.15, 0.2) is 0 Å². The molecule has 40 heavy (non-hydrogen) atoms. The molecular weight excluding hydrogens is 548 g/mol. The van der Waals surface area contributed by atoms with Crippen LogP contribution < -0.4 is 14.4 Å². The van der Waals surface area contributed by atoms with E-state index in [0.717, 1.165) is 37.1 Å². The molecule has 9 heteroatoms. The van der Waals surface area contributed by atoms with E-state index in [1.54, 1.807) is 19.1 Å². The molecule has 0 radical (unpaired) electrons. The largest absolute Gasteiger partial charge is 0.490 e. The minimum Gasteiger partial charge on any atom is -0.490 e. The molecule has 1 amide bonds. The number of nitrogens with one attached hydrogen (secondary N) is 1. The van der Waals surface area contributed by atoms with Crippen LogP contribution in [0, 0.1) is 17.8 Å². The van der Waals surface area contributed by atoms with Crippen LogP contribution in [0.25, 0.3) is 0 Å². The maximum atomic E-state index is 13.3. The molecule has 1 spiro atoms. The Hall–Kier alpha value is -2.55. The Morgan fingerprint density at radius 1 is 1.15 bits per heavy atom. The molecule has 2 bridgehead atoms. The van der Waals surface area contributed by atoms with Crippen LogP contribution in [0.1, 0.15) is 56.6 Å². The van der Waals surface area contributed by atoms with Crippen LogP contribution >= 0.6 is 11.6 Å². The van der Waals surface area contributed by atoms with Crippen LogP contribution in [-0.2, 0) is 26.7 Å². The highest BCUT2D eigenvalue weighted by atomic mass is 35.5. The zero-order valence-electron chi connectivity index (χ0n) is 22.8. The van der Waals surface area contributed by atoms with Gasteiger partial charge in [-0.1, -0.05) is 36.7 Å². The van der Waals surface area contributed by atoms with Gasteiger partial charge in [0, 0.05) is 29.4 Å². The van der Waals surface area contributed by atoms with E-state index in [2.05, 4.69) is 21.8 Å². The summed E-state index contributed by atoms with van der Waals surface area (Å²) in [6.07, 6.45) is 9.21. The normalized spacial score (nSPS) is 32.5. The van der Waals surface area contributed by atoms with Gasteiger partial charge in [0.05, 0.1) is 23.3 Å². The minimum absolute atomic E-state index is 0.0457. The quantitative estimate of drug-likeness (QED) is 0.424. The molecule has 1 fully saturated rings. The number of hydrogen-bond acceptors (Lipinski definition) is 6. The first-order valence-electron chi connectivity index (χ1n) is 14.4. The van der Waals surface area contributed by atoms with Gasteiger partial charge >= 0.3 is 0 Å². The minimum atomic E-state index is -4.07. The van der Waals surface area contributed by atoms with E-state index in [4.69, 9.17) is 16.3 Å². The number of aryl methyl sites for hydroxylation is 1. The third-order valence-electron chi connectivity index (χ3n) is 9.47. The SMILES string of the molecule is C[C@@H]1CC/C=C/[C@H](O)[C@@H]2CC[C@H]2CN2C[C@@]3(CCCc4cc(Cl)ccc43)COc3ccc(cc32)S(=O)(=O)NC1=O. The van der Waals surface area contributed by atoms with Gasteiger partial charge in [-0.15, -0.1) is 0 Å². The van der Waals surface area contributed by atoms with Crippen LogP contribution in [-0.4, -0.2) is 45.2 Å². The lowest BCUT2D eigenvalue weighted by molar-refractivity contribution is -0.122. The lowest BCUT2D eigenvalue weighted by Crippen LogP contribution is -2.49. The highest BCUT2D eigenvalue weighted by Crippen LogP contribution is 2.47. The molecule has 0 unspecified atom stereocenters. The number of sulfonamides is 1. The second-order valence-electron chi connectivity index (χ2n) is 12.1. The standard InChI is InChI=1S/C31H37ClN2O5S/c1-20-5-2-3-7-28(35)25-11-8-22(25)17-34-18-31(14-4-6-21-15-23(32)9-12-26(21)31)19-39-29-13-10-24(16-27(29)34)40(37,38)33-30(20)36/h3,7,9-10,12-13,15-16,20,22,25,28,35H,2,4-6,8,11,14,17-19H2,1H3,(H,33,36)/b7-3+/t20-,22+,25-,28+,31+/m1/s1. The third-order valence-corrected chi connectivity index (χ3v) is 11.1. The van der Waals surface area contributed by atoms with Crippen molar-refractivity contribution < 1.29 is 23.1 Å². The van der Waals surface area contributed by atoms with E-state index < -0.39 is 28.0 Å². The summed E-state index contributed by atoms with van der Waals surface area (Å²) in [6, 6.07) is 11.0. The van der Waals surface area contributed by atoms with Crippen molar-refractivity contribution >= 4 is 33.2 Å². The molecular formula is C31H37ClN2O5S. The lowest BCUT2D eigenvalue weighted by atomic mass is 9.68. The van der Waals surface area contributed by atoms with Gasteiger partial charge in [0.25, 0.3) is 10.0 Å². The zero-order chi connectivity index (χ0) is 28.1. The number of aliphatic hydroxyl groups is 1. The average molecular weight is 585 g/mol. The van der Waals surface area contributed by atoms with E-state index in [0.29, 0.717) is 44.0 Å². The highest BCUT2D eigenvalue weighted by molar-refractivity contribution is 7.90. The molecule has 0 aromatic heterocycles. The van der Waals surface area contributed by atoms with E-state index in [9.17, 15) is 18.3 Å². The fourth-order valence-electron chi connectivity index (χ4n) is 6.96. The number of ether oxygens (including phenoxy) is 1. The fraction of sp³-hybridized carbons (Fsp3) is 0.516. The average Bonchev–Trinajstić information content (AvgIpc) is 3.05. The molecule has 1 saturated carbocycles. The number of anilines is 1. The van der Waals surface area contributed by atoms with E-state index in [1.807, 2.05) is 18.2 Å². The van der Waals surface area contributed by atoms with Gasteiger partial charge in [-0.2, -0.15) is 0 Å². The monoisotopic (exact) mass is 584 g/mol. The first kappa shape index (κ1) is 27.6. The number of aliphatic hydroxyl groups excluding tert-OH is 1. The summed E-state index contributed by atoms with van der Waals surface area (Å²) in [6.45, 7) is 3.55. The molecule has 2 N–H and O–H groups in total. The predicted molar refractivity (Wildman–Crippen MR) is 155 cm³/mol. The summed E-state index contributed by atoms with van der Waals surface area (Å²) in [4.78, 5) is 15.1. The van der Waals surface area contributed by atoms with Gasteiger partial charge < -0.3 is 14.7 Å². The number of amides is 1. The number of fused-ring (bicyclic) bond motifs is 4. The molecule has 5 atom stereocenters. The van der Waals surface area contributed by atoms with Crippen molar-refractivity contribution in [2.45, 2.75) is 68.3 Å². The Labute approximate surface area is 241 Å². The molecule has 2 heterocycles. The summed E-state index contributed by atoms with van der Waals surface area (Å²) < 4.78 is 35.4. The van der Waals surface area contributed by atoms with Crippen molar-refractivity contribution in [3.63, 3.8) is 0 Å². The summed E-state index contributed by atoms with van der Waals surface area (Å²) in [7, 11) is -4.07. The first-order chi connectivity index (χ1) is 19.1. The molecule has 4 aliphatic rings. The Morgan fingerprint density at radius 3 is 2.80 bits per heavy atom. The summed E-state index contributed by atoms with van der Waals surface area (Å²) in [5, 5.41) is 11.7. The maximum Gasteiger partial charge on any atom is 0.264 e. The lowest BCUT2D eigenvalue weighted by Gasteiger charge is -2.45.